The van der Waals surface area contributed by atoms with E-state index in [0.29, 0.717) is 0 Å². The van der Waals surface area contributed by atoms with Gasteiger partial charge in [0.25, 0.3) is 0 Å². The van der Waals surface area contributed by atoms with E-state index in [4.69, 9.17) is 15.7 Å². The molecule has 9 heavy (non-hydrogen) atoms. The highest BCUT2D eigenvalue weighted by Crippen LogP contribution is 1.86. The van der Waals surface area contributed by atoms with Crippen molar-refractivity contribution in [3.8, 4) is 0 Å². The van der Waals surface area contributed by atoms with Gasteiger partial charge in [-0.1, -0.05) is 34.7 Å². The molecular weight excluding hydrogens is 106 g/mol. The molecule has 40 valence electrons. The lowest BCUT2D eigenvalue weighted by atomic mass is 9.84. The Morgan fingerprint density at radius 1 is 1.22 bits per heavy atom. The van der Waals surface area contributed by atoms with Crippen LogP contribution in [0, 0.1) is 6.92 Å². The Labute approximate surface area is 58.1 Å². The smallest absolute Gasteiger partial charge is 0.0972 e. The maximum absolute atomic E-state index is 5.54. The van der Waals surface area contributed by atoms with Crippen LogP contribution >= 0.6 is 0 Å². The third-order valence-corrected chi connectivity index (χ3v) is 1.30. The summed E-state index contributed by atoms with van der Waals surface area (Å²) in [4.78, 5) is 0. The molecule has 0 aliphatic rings. The van der Waals surface area contributed by atoms with Crippen molar-refractivity contribution < 1.29 is 0 Å². The number of hydrogen-bond donors (Lipinski definition) is 0. The second kappa shape index (κ2) is 2.30. The van der Waals surface area contributed by atoms with E-state index in [1.54, 1.807) is 6.07 Å². The maximum Gasteiger partial charge on any atom is 0.114 e. The zero-order valence-corrected chi connectivity index (χ0v) is 5.39. The summed E-state index contributed by atoms with van der Waals surface area (Å²) in [6, 6.07) is 5.51. The van der Waals surface area contributed by atoms with E-state index in [9.17, 15) is 0 Å². The molecule has 0 spiro atoms. The minimum absolute atomic E-state index is 0.720. The lowest BCUT2D eigenvalue weighted by Gasteiger charge is -1.99. The van der Waals surface area contributed by atoms with E-state index < -0.39 is 0 Å². The SMILES string of the molecule is [B]c1ccc(C)c([B])c1. The summed E-state index contributed by atoms with van der Waals surface area (Å²) in [7, 11) is 11.0. The Morgan fingerprint density at radius 2 is 1.89 bits per heavy atom. The molecule has 0 unspecified atom stereocenters. The fraction of sp³-hybridized carbons (Fsp3) is 0.143. The fourth-order valence-corrected chi connectivity index (χ4v) is 0.659. The van der Waals surface area contributed by atoms with Crippen LogP contribution < -0.4 is 10.9 Å². The van der Waals surface area contributed by atoms with Gasteiger partial charge in [0.05, 0.1) is 0 Å². The van der Waals surface area contributed by atoms with Gasteiger partial charge in [-0.3, -0.25) is 0 Å². The zero-order chi connectivity index (χ0) is 6.85. The highest BCUT2D eigenvalue weighted by Gasteiger charge is 1.88. The first-order valence-electron chi connectivity index (χ1n) is 2.82. The monoisotopic (exact) mass is 112 g/mol. The second-order valence-electron chi connectivity index (χ2n) is 2.12. The largest absolute Gasteiger partial charge is 0.114 e. The summed E-state index contributed by atoms with van der Waals surface area (Å²) in [5.41, 5.74) is 2.55. The summed E-state index contributed by atoms with van der Waals surface area (Å²) in [6.45, 7) is 1.95. The van der Waals surface area contributed by atoms with Gasteiger partial charge < -0.3 is 0 Å². The first-order valence-corrected chi connectivity index (χ1v) is 2.82. The molecular formula is C7H6B2. The van der Waals surface area contributed by atoms with Gasteiger partial charge in [-0.15, -0.1) is 0 Å². The lowest BCUT2D eigenvalue weighted by Crippen LogP contribution is -2.15. The van der Waals surface area contributed by atoms with Crippen LogP contribution in [0.3, 0.4) is 0 Å². The molecule has 0 fully saturated rings. The molecule has 1 aromatic carbocycles. The summed E-state index contributed by atoms with van der Waals surface area (Å²) in [6.07, 6.45) is 0. The Kier molecular flexibility index (Phi) is 1.65. The van der Waals surface area contributed by atoms with E-state index in [0.717, 1.165) is 16.5 Å². The Hall–Kier alpha value is -0.650. The van der Waals surface area contributed by atoms with E-state index in [1.165, 1.54) is 0 Å². The fourth-order valence-electron chi connectivity index (χ4n) is 0.659. The molecule has 0 saturated carbocycles. The van der Waals surface area contributed by atoms with Crippen molar-refractivity contribution in [2.75, 3.05) is 0 Å². The van der Waals surface area contributed by atoms with Gasteiger partial charge >= 0.3 is 0 Å². The predicted molar refractivity (Wildman–Crippen MR) is 42.0 cm³/mol. The number of aryl methyl sites for hydroxylation is 1. The van der Waals surface area contributed by atoms with Crippen molar-refractivity contribution in [2.45, 2.75) is 6.92 Å². The summed E-state index contributed by atoms with van der Waals surface area (Å²) in [5.74, 6) is 0. The molecule has 0 heterocycles. The Morgan fingerprint density at radius 3 is 2.33 bits per heavy atom. The van der Waals surface area contributed by atoms with Crippen LogP contribution in [0.1, 0.15) is 5.56 Å². The Balaban J connectivity index is 3.17. The molecule has 0 saturated heterocycles. The molecule has 0 aromatic heterocycles. The van der Waals surface area contributed by atoms with E-state index in [2.05, 4.69) is 0 Å². The van der Waals surface area contributed by atoms with E-state index >= 15 is 0 Å². The molecule has 0 amide bonds. The quantitative estimate of drug-likeness (QED) is 0.400. The van der Waals surface area contributed by atoms with Crippen LogP contribution in [-0.2, 0) is 0 Å². The average Bonchev–Trinajstić information content (AvgIpc) is 1.80. The van der Waals surface area contributed by atoms with Crippen LogP contribution in [0.2, 0.25) is 0 Å². The van der Waals surface area contributed by atoms with Crippen molar-refractivity contribution in [1.82, 2.24) is 0 Å². The third-order valence-electron chi connectivity index (χ3n) is 1.30. The molecule has 0 atom stereocenters. The Bertz CT molecular complexity index is 218. The van der Waals surface area contributed by atoms with Crippen LogP contribution in [0.5, 0.6) is 0 Å². The number of benzene rings is 1. The molecule has 0 N–H and O–H groups in total. The number of hydrogen-bond acceptors (Lipinski definition) is 0. The van der Waals surface area contributed by atoms with Crippen molar-refractivity contribution in [3.05, 3.63) is 23.8 Å². The van der Waals surface area contributed by atoms with Crippen LogP contribution in [0.15, 0.2) is 18.2 Å². The van der Waals surface area contributed by atoms with Gasteiger partial charge in [0.15, 0.2) is 0 Å². The highest BCUT2D eigenvalue weighted by atomic mass is 13.9. The first kappa shape index (κ1) is 6.47. The molecule has 0 aliphatic carbocycles. The van der Waals surface area contributed by atoms with Crippen molar-refractivity contribution in [3.63, 3.8) is 0 Å². The molecule has 0 nitrogen and oxygen atoms in total. The minimum atomic E-state index is 0.720. The lowest BCUT2D eigenvalue weighted by molar-refractivity contribution is 1.53. The van der Waals surface area contributed by atoms with Gasteiger partial charge in [-0.2, -0.15) is 0 Å². The minimum Gasteiger partial charge on any atom is -0.0972 e. The third kappa shape index (κ3) is 1.38. The van der Waals surface area contributed by atoms with Crippen LogP contribution in [0.4, 0.5) is 0 Å². The zero-order valence-electron chi connectivity index (χ0n) is 5.39. The van der Waals surface area contributed by atoms with Crippen molar-refractivity contribution >= 4 is 26.6 Å². The summed E-state index contributed by atoms with van der Waals surface area (Å²) in [5, 5.41) is 0. The molecule has 0 bridgehead atoms. The average molecular weight is 112 g/mol. The molecule has 2 heteroatoms. The van der Waals surface area contributed by atoms with Crippen LogP contribution in [-0.4, -0.2) is 15.7 Å². The molecule has 1 aromatic rings. The van der Waals surface area contributed by atoms with Gasteiger partial charge in [0.2, 0.25) is 0 Å². The van der Waals surface area contributed by atoms with Gasteiger partial charge in [0, 0.05) is 0 Å². The topological polar surface area (TPSA) is 0 Å². The summed E-state index contributed by atoms with van der Waals surface area (Å²) < 4.78 is 0. The maximum atomic E-state index is 5.54. The van der Waals surface area contributed by atoms with E-state index in [1.807, 2.05) is 19.1 Å². The van der Waals surface area contributed by atoms with Gasteiger partial charge in [0.1, 0.15) is 15.7 Å². The predicted octanol–water partition coefficient (Wildman–Crippen LogP) is -0.417. The highest BCUT2D eigenvalue weighted by molar-refractivity contribution is 6.38. The van der Waals surface area contributed by atoms with E-state index in [-0.39, 0.29) is 0 Å². The summed E-state index contributed by atoms with van der Waals surface area (Å²) >= 11 is 0. The van der Waals surface area contributed by atoms with Gasteiger partial charge in [-0.05, 0) is 6.92 Å². The number of rotatable bonds is 0. The normalized spacial score (nSPS) is 9.44. The molecule has 4 radical (unpaired) electrons. The van der Waals surface area contributed by atoms with Gasteiger partial charge in [-0.25, -0.2) is 0 Å². The van der Waals surface area contributed by atoms with Crippen molar-refractivity contribution in [1.29, 1.82) is 0 Å². The molecule has 0 aliphatic heterocycles. The van der Waals surface area contributed by atoms with Crippen LogP contribution in [0.25, 0.3) is 0 Å². The molecule has 1 rings (SSSR count). The second-order valence-corrected chi connectivity index (χ2v) is 2.12. The first-order chi connectivity index (χ1) is 4.20. The van der Waals surface area contributed by atoms with Crippen molar-refractivity contribution in [2.24, 2.45) is 0 Å². The standard InChI is InChI=1S/C7H6B2/c1-5-2-3-6(8)4-7(5)9/h2-4H,1H3.